The maximum Gasteiger partial charge on any atom is 0.303 e. The van der Waals surface area contributed by atoms with Crippen LogP contribution in [0.5, 0.6) is 0 Å². The molecule has 9 nitrogen and oxygen atoms in total. The monoisotopic (exact) mass is 326 g/mol. The van der Waals surface area contributed by atoms with Crippen LogP contribution in [0.25, 0.3) is 0 Å². The van der Waals surface area contributed by atoms with Crippen molar-refractivity contribution >= 4 is 17.9 Å². The molecular weight excluding hydrogens is 296 g/mol. The molecular formula is C13H30N2O7. The molecule has 9 heteroatoms. The van der Waals surface area contributed by atoms with Crippen molar-refractivity contribution in [2.24, 2.45) is 5.73 Å². The third-order valence-corrected chi connectivity index (χ3v) is 1.96. The molecule has 9 N–H and O–H groups in total. The second-order valence-electron chi connectivity index (χ2n) is 3.96. The van der Waals surface area contributed by atoms with E-state index in [9.17, 15) is 14.4 Å². The Morgan fingerprint density at radius 3 is 1.23 bits per heavy atom. The molecule has 0 aliphatic rings. The molecule has 0 fully saturated rings. The molecule has 0 rings (SSSR count). The third kappa shape index (κ3) is 51.6. The topological polar surface area (TPSA) is 193 Å². The van der Waals surface area contributed by atoms with E-state index in [0.29, 0.717) is 19.4 Å². The van der Waals surface area contributed by atoms with E-state index in [1.54, 1.807) is 6.92 Å². The fourth-order valence-corrected chi connectivity index (χ4v) is 0.906. The fraction of sp³-hybridized carbons (Fsp3) is 0.769. The molecule has 134 valence electrons. The number of hydrogen-bond donors (Lipinski definition) is 6. The summed E-state index contributed by atoms with van der Waals surface area (Å²) in [6.07, 6.45) is 3.50. The van der Waals surface area contributed by atoms with Gasteiger partial charge in [-0.05, 0) is 12.8 Å². The molecule has 0 aliphatic heterocycles. The van der Waals surface area contributed by atoms with E-state index in [0.717, 1.165) is 12.8 Å². The van der Waals surface area contributed by atoms with Crippen molar-refractivity contribution in [2.75, 3.05) is 13.2 Å². The minimum absolute atomic E-state index is 0. The number of unbranched alkanes of at least 4 members (excludes halogenated alkanes) is 3. The van der Waals surface area contributed by atoms with Gasteiger partial charge in [-0.1, -0.05) is 19.8 Å². The third-order valence-electron chi connectivity index (χ3n) is 1.96. The van der Waals surface area contributed by atoms with Gasteiger partial charge >= 0.3 is 17.9 Å². The quantitative estimate of drug-likeness (QED) is 0.336. The normalized spacial score (nSPS) is 8.32. The van der Waals surface area contributed by atoms with E-state index in [2.05, 4.69) is 0 Å². The average molecular weight is 326 g/mol. The Hall–Kier alpha value is -1.71. The molecule has 0 bridgehead atoms. The van der Waals surface area contributed by atoms with Gasteiger partial charge in [0.25, 0.3) is 0 Å². The highest BCUT2D eigenvalue weighted by Crippen LogP contribution is 2.04. The molecule has 0 aliphatic carbocycles. The zero-order valence-corrected chi connectivity index (χ0v) is 13.2. The second kappa shape index (κ2) is 24.3. The van der Waals surface area contributed by atoms with E-state index in [1.807, 2.05) is 0 Å². The van der Waals surface area contributed by atoms with Crippen LogP contribution in [0.3, 0.4) is 0 Å². The Kier molecular flexibility index (Phi) is 31.4. The summed E-state index contributed by atoms with van der Waals surface area (Å²) in [6, 6.07) is 0. The van der Waals surface area contributed by atoms with Crippen LogP contribution in [0.2, 0.25) is 0 Å². The van der Waals surface area contributed by atoms with Gasteiger partial charge in [-0.25, -0.2) is 0 Å². The summed E-state index contributed by atoms with van der Waals surface area (Å²) in [5, 5.41) is 32.0. The second-order valence-corrected chi connectivity index (χ2v) is 3.96. The van der Waals surface area contributed by atoms with Crippen LogP contribution >= 0.6 is 0 Å². The first-order valence-electron chi connectivity index (χ1n) is 6.78. The van der Waals surface area contributed by atoms with Crippen LogP contribution in [-0.2, 0) is 14.4 Å². The Labute approximate surface area is 130 Å². The summed E-state index contributed by atoms with van der Waals surface area (Å²) in [5.41, 5.74) is 4.78. The highest BCUT2D eigenvalue weighted by Gasteiger charge is 1.98. The highest BCUT2D eigenvalue weighted by molar-refractivity contribution is 5.67. The number of hydrogen-bond acceptors (Lipinski definition) is 6. The van der Waals surface area contributed by atoms with Crippen molar-refractivity contribution in [3.63, 3.8) is 0 Å². The summed E-state index contributed by atoms with van der Waals surface area (Å²) >= 11 is 0. The molecule has 0 aromatic carbocycles. The van der Waals surface area contributed by atoms with E-state index < -0.39 is 17.9 Å². The van der Waals surface area contributed by atoms with Crippen molar-refractivity contribution in [1.82, 2.24) is 6.15 Å². The number of rotatable bonds is 9. The summed E-state index contributed by atoms with van der Waals surface area (Å²) in [5.74, 6) is -2.31. The van der Waals surface area contributed by atoms with E-state index in [-0.39, 0.29) is 32.0 Å². The van der Waals surface area contributed by atoms with Crippen molar-refractivity contribution in [1.29, 1.82) is 0 Å². The number of carbonyl (C=O) groups is 3. The van der Waals surface area contributed by atoms with Gasteiger partial charge < -0.3 is 32.3 Å². The molecule has 0 unspecified atom stereocenters. The number of carboxylic acids is 3. The number of aliphatic carboxylic acids is 3. The van der Waals surface area contributed by atoms with E-state index >= 15 is 0 Å². The minimum atomic E-state index is -0.784. The van der Waals surface area contributed by atoms with Gasteiger partial charge in [0.1, 0.15) is 0 Å². The molecule has 0 amide bonds. The predicted molar refractivity (Wildman–Crippen MR) is 82.1 cm³/mol. The first kappa shape index (κ1) is 28.5. The van der Waals surface area contributed by atoms with Gasteiger partial charge in [0.15, 0.2) is 0 Å². The minimum Gasteiger partial charge on any atom is -0.481 e. The van der Waals surface area contributed by atoms with Crippen LogP contribution in [0.4, 0.5) is 0 Å². The molecule has 0 saturated carbocycles. The molecule has 0 aromatic heterocycles. The number of carboxylic acid groups (broad SMARTS) is 3. The summed E-state index contributed by atoms with van der Waals surface area (Å²) < 4.78 is 0. The molecule has 0 radical (unpaired) electrons. The smallest absolute Gasteiger partial charge is 0.303 e. The van der Waals surface area contributed by atoms with Crippen LogP contribution in [-0.4, -0.2) is 51.5 Å². The number of aliphatic hydroxyl groups is 1. The number of aliphatic hydroxyl groups excluding tert-OH is 1. The van der Waals surface area contributed by atoms with Crippen LogP contribution in [0.1, 0.15) is 51.9 Å². The van der Waals surface area contributed by atoms with Gasteiger partial charge in [-0.2, -0.15) is 0 Å². The molecule has 22 heavy (non-hydrogen) atoms. The zero-order chi connectivity index (χ0) is 17.1. The van der Waals surface area contributed by atoms with Gasteiger partial charge in [-0.3, -0.25) is 14.4 Å². The van der Waals surface area contributed by atoms with E-state index in [1.165, 1.54) is 0 Å². The van der Waals surface area contributed by atoms with Gasteiger partial charge in [-0.15, -0.1) is 0 Å². The Morgan fingerprint density at radius 1 is 0.818 bits per heavy atom. The molecule has 0 heterocycles. The molecule has 0 atom stereocenters. The average Bonchev–Trinajstić information content (AvgIpc) is 2.43. The number of nitrogens with two attached hydrogens (primary N) is 1. The fourth-order valence-electron chi connectivity index (χ4n) is 0.906. The largest absolute Gasteiger partial charge is 0.481 e. The van der Waals surface area contributed by atoms with Crippen molar-refractivity contribution < 1.29 is 34.8 Å². The van der Waals surface area contributed by atoms with Crippen LogP contribution in [0.15, 0.2) is 0 Å². The highest BCUT2D eigenvalue weighted by atomic mass is 16.4. The summed E-state index contributed by atoms with van der Waals surface area (Å²) in [4.78, 5) is 29.5. The Balaban J connectivity index is -0.000000135. The molecule has 0 spiro atoms. The Morgan fingerprint density at radius 2 is 1.09 bits per heavy atom. The lowest BCUT2D eigenvalue weighted by atomic mass is 10.1. The van der Waals surface area contributed by atoms with Gasteiger partial charge in [0.05, 0.1) is 6.61 Å². The van der Waals surface area contributed by atoms with Crippen molar-refractivity contribution in [3.05, 3.63) is 0 Å². The van der Waals surface area contributed by atoms with Gasteiger partial charge in [0, 0.05) is 25.8 Å². The lowest BCUT2D eigenvalue weighted by molar-refractivity contribution is -0.138. The standard InChI is InChI=1S/C8H14O4.C3H6O2.C2H7NO.H3N/c9-7(10)5-3-1-2-4-6-8(11)12;1-2-3(4)5;3-1-2-4;/h1-6H2,(H,9,10)(H,11,12);2H2,1H3,(H,4,5);4H,1-3H2;1H3. The predicted octanol–water partition coefficient (Wildman–Crippen LogP) is 1.08. The SMILES string of the molecule is CCC(=O)O.N.NCCO.O=C(O)CCCCCCC(=O)O. The van der Waals surface area contributed by atoms with Crippen molar-refractivity contribution in [3.8, 4) is 0 Å². The first-order chi connectivity index (χ1) is 9.81. The Bertz CT molecular complexity index is 253. The summed E-state index contributed by atoms with van der Waals surface area (Å²) in [7, 11) is 0. The zero-order valence-electron chi connectivity index (χ0n) is 13.2. The molecule has 0 saturated heterocycles. The van der Waals surface area contributed by atoms with Crippen LogP contribution in [0, 0.1) is 0 Å². The maximum absolute atomic E-state index is 10.0. The van der Waals surface area contributed by atoms with Crippen LogP contribution < -0.4 is 11.9 Å². The first-order valence-corrected chi connectivity index (χ1v) is 6.78. The maximum atomic E-state index is 10.0. The van der Waals surface area contributed by atoms with Crippen molar-refractivity contribution in [2.45, 2.75) is 51.9 Å². The lowest BCUT2D eigenvalue weighted by Crippen LogP contribution is -2.02. The van der Waals surface area contributed by atoms with Gasteiger partial charge in [0.2, 0.25) is 0 Å². The summed E-state index contributed by atoms with van der Waals surface area (Å²) in [6.45, 7) is 2.07. The lowest BCUT2D eigenvalue weighted by Gasteiger charge is -1.96. The molecule has 0 aromatic rings. The van der Waals surface area contributed by atoms with E-state index in [4.69, 9.17) is 26.2 Å².